The molecule has 28 heavy (non-hydrogen) atoms. The van der Waals surface area contributed by atoms with Gasteiger partial charge in [0.25, 0.3) is 5.91 Å². The highest BCUT2D eigenvalue weighted by Crippen LogP contribution is 2.32. The molecule has 0 radical (unpaired) electrons. The number of nitrogens with one attached hydrogen (secondary N) is 1. The van der Waals surface area contributed by atoms with Crippen molar-refractivity contribution >= 4 is 17.5 Å². The number of benzene rings is 1. The lowest BCUT2D eigenvalue weighted by atomic mass is 10.2. The first kappa shape index (κ1) is 18.1. The molecule has 0 bridgehead atoms. The molecule has 0 spiro atoms. The van der Waals surface area contributed by atoms with Crippen LogP contribution in [0.5, 0.6) is 11.5 Å². The van der Waals surface area contributed by atoms with Gasteiger partial charge < -0.3 is 24.6 Å². The van der Waals surface area contributed by atoms with Gasteiger partial charge in [-0.2, -0.15) is 0 Å². The molecule has 0 atom stereocenters. The van der Waals surface area contributed by atoms with Gasteiger partial charge in [0.05, 0.1) is 11.3 Å². The number of hydrogen-bond donors (Lipinski definition) is 1. The summed E-state index contributed by atoms with van der Waals surface area (Å²) in [5, 5.41) is 3.29. The SMILES string of the molecule is CC(=O)N1CCN(C(=O)c2cncc(NCc3ccc4c(c3)OCO4)c2)CC1. The highest BCUT2D eigenvalue weighted by molar-refractivity contribution is 5.95. The van der Waals surface area contributed by atoms with Gasteiger partial charge in [0.1, 0.15) is 0 Å². The Bertz CT molecular complexity index is 894. The Morgan fingerprint density at radius 2 is 1.79 bits per heavy atom. The summed E-state index contributed by atoms with van der Waals surface area (Å²) in [6.45, 7) is 4.58. The van der Waals surface area contributed by atoms with Crippen LogP contribution in [0.1, 0.15) is 22.8 Å². The van der Waals surface area contributed by atoms with Crippen molar-refractivity contribution in [1.82, 2.24) is 14.8 Å². The molecule has 8 heteroatoms. The van der Waals surface area contributed by atoms with Crippen molar-refractivity contribution in [2.24, 2.45) is 0 Å². The second kappa shape index (κ2) is 7.75. The van der Waals surface area contributed by atoms with E-state index in [1.807, 2.05) is 18.2 Å². The van der Waals surface area contributed by atoms with E-state index < -0.39 is 0 Å². The van der Waals surface area contributed by atoms with Gasteiger partial charge in [0, 0.05) is 52.0 Å². The highest BCUT2D eigenvalue weighted by Gasteiger charge is 2.23. The molecular formula is C20H22N4O4. The van der Waals surface area contributed by atoms with Crippen LogP contribution in [0.3, 0.4) is 0 Å². The van der Waals surface area contributed by atoms with Gasteiger partial charge in [-0.1, -0.05) is 6.07 Å². The van der Waals surface area contributed by atoms with Crippen LogP contribution in [0.4, 0.5) is 5.69 Å². The number of piperazine rings is 1. The third-order valence-corrected chi connectivity index (χ3v) is 4.93. The molecule has 1 saturated heterocycles. The smallest absolute Gasteiger partial charge is 0.255 e. The molecule has 1 aromatic carbocycles. The number of carbonyl (C=O) groups is 2. The van der Waals surface area contributed by atoms with E-state index in [0.29, 0.717) is 38.3 Å². The summed E-state index contributed by atoms with van der Waals surface area (Å²) in [4.78, 5) is 31.9. The lowest BCUT2D eigenvalue weighted by Gasteiger charge is -2.34. The first-order valence-electron chi connectivity index (χ1n) is 9.22. The van der Waals surface area contributed by atoms with E-state index in [4.69, 9.17) is 9.47 Å². The Morgan fingerprint density at radius 1 is 1.04 bits per heavy atom. The molecule has 2 aromatic rings. The van der Waals surface area contributed by atoms with Crippen molar-refractivity contribution in [3.63, 3.8) is 0 Å². The van der Waals surface area contributed by atoms with Crippen molar-refractivity contribution < 1.29 is 19.1 Å². The van der Waals surface area contributed by atoms with Crippen LogP contribution in [-0.4, -0.2) is 59.6 Å². The number of nitrogens with zero attached hydrogens (tertiary/aromatic N) is 3. The quantitative estimate of drug-likeness (QED) is 0.867. The zero-order valence-electron chi connectivity index (χ0n) is 15.7. The monoisotopic (exact) mass is 382 g/mol. The van der Waals surface area contributed by atoms with Gasteiger partial charge >= 0.3 is 0 Å². The second-order valence-electron chi connectivity index (χ2n) is 6.80. The van der Waals surface area contributed by atoms with E-state index in [1.165, 1.54) is 0 Å². The maximum absolute atomic E-state index is 12.8. The van der Waals surface area contributed by atoms with Crippen molar-refractivity contribution in [1.29, 1.82) is 0 Å². The minimum atomic E-state index is -0.0672. The maximum atomic E-state index is 12.8. The summed E-state index contributed by atoms with van der Waals surface area (Å²) in [5.41, 5.74) is 2.35. The molecule has 146 valence electrons. The van der Waals surface area contributed by atoms with Gasteiger partial charge in [-0.05, 0) is 23.8 Å². The van der Waals surface area contributed by atoms with Crippen LogP contribution >= 0.6 is 0 Å². The fraction of sp³-hybridized carbons (Fsp3) is 0.350. The predicted octanol–water partition coefficient (Wildman–Crippen LogP) is 1.73. The van der Waals surface area contributed by atoms with Crippen molar-refractivity contribution in [2.75, 3.05) is 38.3 Å². The van der Waals surface area contributed by atoms with E-state index >= 15 is 0 Å². The Kier molecular flexibility index (Phi) is 5.01. The molecule has 8 nitrogen and oxygen atoms in total. The van der Waals surface area contributed by atoms with E-state index in [1.54, 1.807) is 35.2 Å². The molecule has 2 aliphatic rings. The second-order valence-corrected chi connectivity index (χ2v) is 6.80. The normalized spacial score (nSPS) is 15.5. The van der Waals surface area contributed by atoms with E-state index in [2.05, 4.69) is 10.3 Å². The number of amides is 2. The average molecular weight is 382 g/mol. The fourth-order valence-electron chi connectivity index (χ4n) is 3.32. The van der Waals surface area contributed by atoms with Crippen molar-refractivity contribution in [3.8, 4) is 11.5 Å². The first-order chi connectivity index (χ1) is 13.6. The van der Waals surface area contributed by atoms with E-state index in [0.717, 1.165) is 22.7 Å². The van der Waals surface area contributed by atoms with Crippen LogP contribution in [0.25, 0.3) is 0 Å². The molecule has 2 amide bonds. The van der Waals surface area contributed by atoms with Crippen molar-refractivity contribution in [2.45, 2.75) is 13.5 Å². The summed E-state index contributed by atoms with van der Waals surface area (Å²) in [6.07, 6.45) is 3.27. The number of hydrogen-bond acceptors (Lipinski definition) is 6. The number of pyridine rings is 1. The van der Waals surface area contributed by atoms with Crippen molar-refractivity contribution in [3.05, 3.63) is 47.8 Å². The number of rotatable bonds is 4. The standard InChI is InChI=1S/C20H22N4O4/c1-14(25)23-4-6-24(7-5-23)20(26)16-9-17(12-21-11-16)22-10-15-2-3-18-19(8-15)28-13-27-18/h2-3,8-9,11-12,22H,4-7,10,13H2,1H3. The summed E-state index contributed by atoms with van der Waals surface area (Å²) < 4.78 is 10.7. The third-order valence-electron chi connectivity index (χ3n) is 4.93. The van der Waals surface area contributed by atoms with Crippen LogP contribution in [0.15, 0.2) is 36.7 Å². The first-order valence-corrected chi connectivity index (χ1v) is 9.22. The Labute approximate surface area is 163 Å². The van der Waals surface area contributed by atoms with Gasteiger partial charge in [-0.25, -0.2) is 0 Å². The van der Waals surface area contributed by atoms with Crippen LogP contribution in [-0.2, 0) is 11.3 Å². The summed E-state index contributed by atoms with van der Waals surface area (Å²) in [7, 11) is 0. The molecule has 1 aromatic heterocycles. The topological polar surface area (TPSA) is 84.0 Å². The molecule has 0 saturated carbocycles. The van der Waals surface area contributed by atoms with Gasteiger partial charge in [-0.3, -0.25) is 14.6 Å². The molecule has 1 fully saturated rings. The Balaban J connectivity index is 1.37. The molecular weight excluding hydrogens is 360 g/mol. The largest absolute Gasteiger partial charge is 0.454 e. The molecule has 3 heterocycles. The predicted molar refractivity (Wildman–Crippen MR) is 102 cm³/mol. The molecule has 1 N–H and O–H groups in total. The van der Waals surface area contributed by atoms with E-state index in [-0.39, 0.29) is 18.6 Å². The lowest BCUT2D eigenvalue weighted by molar-refractivity contribution is -0.130. The van der Waals surface area contributed by atoms with Gasteiger partial charge in [-0.15, -0.1) is 0 Å². The Morgan fingerprint density at radius 3 is 2.57 bits per heavy atom. The summed E-state index contributed by atoms with van der Waals surface area (Å²) in [5.74, 6) is 1.47. The van der Waals surface area contributed by atoms with Gasteiger partial charge in [0.2, 0.25) is 12.7 Å². The van der Waals surface area contributed by atoms with E-state index in [9.17, 15) is 9.59 Å². The number of ether oxygens (including phenoxy) is 2. The third kappa shape index (κ3) is 3.85. The minimum Gasteiger partial charge on any atom is -0.454 e. The molecule has 2 aliphatic heterocycles. The highest BCUT2D eigenvalue weighted by atomic mass is 16.7. The fourth-order valence-corrected chi connectivity index (χ4v) is 3.32. The summed E-state index contributed by atoms with van der Waals surface area (Å²) >= 11 is 0. The summed E-state index contributed by atoms with van der Waals surface area (Å²) in [6, 6.07) is 7.60. The van der Waals surface area contributed by atoms with Crippen LogP contribution in [0, 0.1) is 0 Å². The maximum Gasteiger partial charge on any atom is 0.255 e. The molecule has 4 rings (SSSR count). The zero-order valence-corrected chi connectivity index (χ0v) is 15.7. The van der Waals surface area contributed by atoms with Crippen LogP contribution in [0.2, 0.25) is 0 Å². The number of anilines is 1. The molecule has 0 aliphatic carbocycles. The number of carbonyl (C=O) groups excluding carboxylic acids is 2. The average Bonchev–Trinajstić information content (AvgIpc) is 3.20. The number of fused-ring (bicyclic) bond motifs is 1. The lowest BCUT2D eigenvalue weighted by Crippen LogP contribution is -2.50. The minimum absolute atomic E-state index is 0.0449. The zero-order chi connectivity index (χ0) is 19.5. The molecule has 0 unspecified atom stereocenters. The van der Waals surface area contributed by atoms with Gasteiger partial charge in [0.15, 0.2) is 11.5 Å². The van der Waals surface area contributed by atoms with Crippen LogP contribution < -0.4 is 14.8 Å². The Hall–Kier alpha value is -3.29. The number of aromatic nitrogens is 1.